The Morgan fingerprint density at radius 1 is 1.22 bits per heavy atom. The van der Waals surface area contributed by atoms with Crippen molar-refractivity contribution < 1.29 is 36.3 Å². The Morgan fingerprint density at radius 3 is 2.43 bits per heavy atom. The van der Waals surface area contributed by atoms with Gasteiger partial charge in [0, 0.05) is 25.5 Å². The highest BCUT2D eigenvalue weighted by Gasteiger charge is 2.52. The Morgan fingerprint density at radius 2 is 1.86 bits per heavy atom. The third-order valence-corrected chi connectivity index (χ3v) is 5.62. The van der Waals surface area contributed by atoms with E-state index in [0.29, 0.717) is 10.6 Å². The van der Waals surface area contributed by atoms with Crippen LogP contribution in [-0.4, -0.2) is 55.1 Å². The predicted octanol–water partition coefficient (Wildman–Crippen LogP) is 4.50. The summed E-state index contributed by atoms with van der Waals surface area (Å²) in [5.74, 6) is -0.961. The van der Waals surface area contributed by atoms with Gasteiger partial charge in [-0.2, -0.15) is 18.3 Å². The minimum Gasteiger partial charge on any atom is -0.419 e. The molecule has 37 heavy (non-hydrogen) atoms. The van der Waals surface area contributed by atoms with E-state index in [9.17, 15) is 31.9 Å². The van der Waals surface area contributed by atoms with Crippen LogP contribution in [0.3, 0.4) is 0 Å². The van der Waals surface area contributed by atoms with Crippen LogP contribution in [0, 0.1) is 0 Å². The molecule has 3 heterocycles. The fourth-order valence-electron chi connectivity index (χ4n) is 3.75. The van der Waals surface area contributed by atoms with Gasteiger partial charge in [-0.25, -0.2) is 8.78 Å². The Kier molecular flexibility index (Phi) is 8.00. The molecule has 1 aliphatic heterocycles. The number of likely N-dealkylation sites (tertiary alicyclic amines) is 1. The van der Waals surface area contributed by atoms with E-state index in [1.54, 1.807) is 7.05 Å². The lowest BCUT2D eigenvalue weighted by atomic mass is 9.86. The molecule has 2 N–H and O–H groups in total. The van der Waals surface area contributed by atoms with E-state index in [1.807, 2.05) is 13.8 Å². The first-order chi connectivity index (χ1) is 17.5. The first kappa shape index (κ1) is 27.8. The first-order valence-electron chi connectivity index (χ1n) is 11.2. The van der Waals surface area contributed by atoms with Crippen LogP contribution in [0.1, 0.15) is 31.7 Å². The third-order valence-electron chi connectivity index (χ3n) is 5.62. The number of hydrogen-bond donors (Lipinski definition) is 2. The molecule has 1 aromatic carbocycles. The van der Waals surface area contributed by atoms with E-state index in [2.05, 4.69) is 27.2 Å². The van der Waals surface area contributed by atoms with Crippen molar-refractivity contribution in [3.8, 4) is 11.5 Å². The molecule has 2 atom stereocenters. The summed E-state index contributed by atoms with van der Waals surface area (Å²) < 4.78 is 71.4. The molecule has 2 unspecified atom stereocenters. The third kappa shape index (κ3) is 5.33. The molecule has 1 saturated heterocycles. The van der Waals surface area contributed by atoms with Crippen molar-refractivity contribution in [2.75, 3.05) is 11.9 Å². The number of halogens is 5. The molecule has 1 aliphatic rings. The molecule has 0 saturated carbocycles. The monoisotopic (exact) mass is 528 g/mol. The molecular weight excluding hydrogens is 503 g/mol. The van der Waals surface area contributed by atoms with Crippen molar-refractivity contribution >= 4 is 17.4 Å². The molecule has 3 aromatic rings. The van der Waals surface area contributed by atoms with E-state index in [4.69, 9.17) is 4.42 Å². The fourth-order valence-corrected chi connectivity index (χ4v) is 3.75. The average Bonchev–Trinajstić information content (AvgIpc) is 3.57. The smallest absolute Gasteiger partial charge is 0.416 e. The zero-order valence-corrected chi connectivity index (χ0v) is 20.1. The molecule has 2 aromatic heterocycles. The SMILES string of the molecule is C=CC1(c2nnc(-c3cn(C)nc3Nc3ccc(C(F)(F)F)cc3)o2)CCN(C(O)C(F)F)C1=O.CC. The number of benzene rings is 1. The number of carbonyl (C=O) groups excluding carboxylic acids is 1. The van der Waals surface area contributed by atoms with Gasteiger partial charge in [0.05, 0.1) is 5.56 Å². The van der Waals surface area contributed by atoms with Crippen molar-refractivity contribution in [1.82, 2.24) is 24.9 Å². The van der Waals surface area contributed by atoms with Crippen LogP contribution in [0.4, 0.5) is 33.5 Å². The minimum atomic E-state index is -4.48. The highest BCUT2D eigenvalue weighted by atomic mass is 19.4. The molecule has 0 aliphatic carbocycles. The zero-order chi connectivity index (χ0) is 27.5. The van der Waals surface area contributed by atoms with Crippen LogP contribution in [-0.2, 0) is 23.4 Å². The van der Waals surface area contributed by atoms with Gasteiger partial charge in [-0.05, 0) is 30.7 Å². The van der Waals surface area contributed by atoms with E-state index in [-0.39, 0.29) is 36.1 Å². The normalized spacial score (nSPS) is 18.5. The van der Waals surface area contributed by atoms with Gasteiger partial charge in [-0.15, -0.1) is 16.8 Å². The van der Waals surface area contributed by atoms with Gasteiger partial charge in [0.2, 0.25) is 11.8 Å². The largest absolute Gasteiger partial charge is 0.419 e. The number of aliphatic hydroxyl groups is 1. The van der Waals surface area contributed by atoms with Gasteiger partial charge in [-0.3, -0.25) is 9.48 Å². The van der Waals surface area contributed by atoms with Crippen molar-refractivity contribution in [3.05, 3.63) is 54.6 Å². The van der Waals surface area contributed by atoms with E-state index >= 15 is 0 Å². The molecule has 9 nitrogen and oxygen atoms in total. The summed E-state index contributed by atoms with van der Waals surface area (Å²) in [5, 5.41) is 24.6. The number of amides is 1. The molecule has 14 heteroatoms. The van der Waals surface area contributed by atoms with Crippen molar-refractivity contribution in [3.63, 3.8) is 0 Å². The number of hydrogen-bond acceptors (Lipinski definition) is 7. The molecular formula is C23H25F5N6O3. The van der Waals surface area contributed by atoms with E-state index < -0.39 is 35.7 Å². The van der Waals surface area contributed by atoms with Gasteiger partial charge in [-0.1, -0.05) is 19.9 Å². The van der Waals surface area contributed by atoms with Gasteiger partial charge >= 0.3 is 6.18 Å². The fraction of sp³-hybridized carbons (Fsp3) is 0.391. The molecule has 200 valence electrons. The molecule has 1 fully saturated rings. The summed E-state index contributed by atoms with van der Waals surface area (Å²) in [6, 6.07) is 4.28. The summed E-state index contributed by atoms with van der Waals surface area (Å²) in [4.78, 5) is 13.5. The Hall–Kier alpha value is -3.81. The summed E-state index contributed by atoms with van der Waals surface area (Å²) in [6.45, 7) is 7.43. The summed E-state index contributed by atoms with van der Waals surface area (Å²) in [7, 11) is 1.59. The van der Waals surface area contributed by atoms with Crippen LogP contribution >= 0.6 is 0 Å². The number of rotatable bonds is 7. The predicted molar refractivity (Wildman–Crippen MR) is 123 cm³/mol. The van der Waals surface area contributed by atoms with E-state index in [0.717, 1.165) is 12.1 Å². The van der Waals surface area contributed by atoms with Gasteiger partial charge in [0.25, 0.3) is 12.3 Å². The van der Waals surface area contributed by atoms with Gasteiger partial charge < -0.3 is 19.7 Å². The van der Waals surface area contributed by atoms with Crippen molar-refractivity contribution in [2.45, 2.75) is 44.5 Å². The second kappa shape index (κ2) is 10.7. The summed E-state index contributed by atoms with van der Waals surface area (Å²) >= 11 is 0. The van der Waals surface area contributed by atoms with Crippen LogP contribution < -0.4 is 5.32 Å². The number of aromatic nitrogens is 4. The van der Waals surface area contributed by atoms with Crippen molar-refractivity contribution in [1.29, 1.82) is 0 Å². The number of carbonyl (C=O) groups is 1. The maximum Gasteiger partial charge on any atom is 0.416 e. The molecule has 0 bridgehead atoms. The minimum absolute atomic E-state index is 0.0234. The number of alkyl halides is 5. The number of anilines is 2. The van der Waals surface area contributed by atoms with Crippen LogP contribution in [0.2, 0.25) is 0 Å². The molecule has 0 radical (unpaired) electrons. The maximum atomic E-state index is 13.0. The maximum absolute atomic E-state index is 13.0. The van der Waals surface area contributed by atoms with Gasteiger partial charge in [0.1, 0.15) is 11.0 Å². The van der Waals surface area contributed by atoms with Crippen LogP contribution in [0.15, 0.2) is 47.5 Å². The summed E-state index contributed by atoms with van der Waals surface area (Å²) in [5.41, 5.74) is -1.83. The highest BCUT2D eigenvalue weighted by Crippen LogP contribution is 2.39. The number of nitrogens with zero attached hydrogens (tertiary/aromatic N) is 5. The average molecular weight is 528 g/mol. The topological polar surface area (TPSA) is 109 Å². The Bertz CT molecular complexity index is 1240. The van der Waals surface area contributed by atoms with Crippen LogP contribution in [0.5, 0.6) is 0 Å². The summed E-state index contributed by atoms with van der Waals surface area (Å²) in [6.07, 6.45) is -7.24. The Balaban J connectivity index is 0.00000186. The number of nitrogens with one attached hydrogen (secondary N) is 1. The number of aryl methyl sites for hydroxylation is 1. The van der Waals surface area contributed by atoms with Crippen LogP contribution in [0.25, 0.3) is 11.5 Å². The van der Waals surface area contributed by atoms with Gasteiger partial charge in [0.15, 0.2) is 12.0 Å². The zero-order valence-electron chi connectivity index (χ0n) is 20.1. The van der Waals surface area contributed by atoms with Crippen molar-refractivity contribution in [2.24, 2.45) is 7.05 Å². The molecule has 0 spiro atoms. The van der Waals surface area contributed by atoms with E-state index in [1.165, 1.54) is 29.1 Å². The highest BCUT2D eigenvalue weighted by molar-refractivity contribution is 5.91. The lowest BCUT2D eigenvalue weighted by molar-refractivity contribution is -0.151. The lowest BCUT2D eigenvalue weighted by Crippen LogP contribution is -2.45. The molecule has 1 amide bonds. The first-order valence-corrected chi connectivity index (χ1v) is 11.2. The quantitative estimate of drug-likeness (QED) is 0.343. The molecule has 4 rings (SSSR count). The standard InChI is InChI=1S/C21H19F5N6O3.C2H6/c1-3-20(8-9-32(19(20)34)17(33)14(22)23)18-29-28-16(35-18)13-10-31(2)30-15(13)27-12-6-4-11(5-7-12)21(24,25)26;1-2/h3-7,10,14,17,33H,1,8-9H2,2H3,(H,27,30);1-2H3. The second-order valence-corrected chi connectivity index (χ2v) is 7.85. The lowest BCUT2D eigenvalue weighted by Gasteiger charge is -2.24. The number of aliphatic hydroxyl groups excluding tert-OH is 1. The second-order valence-electron chi connectivity index (χ2n) is 7.85. The Labute approximate surface area is 208 Å².